The summed E-state index contributed by atoms with van der Waals surface area (Å²) in [5.41, 5.74) is -0.414. The van der Waals surface area contributed by atoms with Crippen molar-refractivity contribution in [1.82, 2.24) is 5.32 Å². The first-order valence-electron chi connectivity index (χ1n) is 6.08. The van der Waals surface area contributed by atoms with Gasteiger partial charge < -0.3 is 10.6 Å². The summed E-state index contributed by atoms with van der Waals surface area (Å²) in [7, 11) is 0. The molecule has 2 aromatic rings. The van der Waals surface area contributed by atoms with Gasteiger partial charge in [0.15, 0.2) is 0 Å². The number of anilines is 1. The number of carbonyl (C=O) groups excluding carboxylic acids is 1. The minimum atomic E-state index is -0.787. The Morgan fingerprint density at radius 1 is 1.25 bits per heavy atom. The molecule has 0 aliphatic heterocycles. The first kappa shape index (κ1) is 14.6. The van der Waals surface area contributed by atoms with Crippen LogP contribution in [0, 0.1) is 11.6 Å². The van der Waals surface area contributed by atoms with E-state index in [1.165, 1.54) is 6.07 Å². The number of hydrogen-bond acceptors (Lipinski definition) is 3. The summed E-state index contributed by atoms with van der Waals surface area (Å²) < 4.78 is 26.7. The van der Waals surface area contributed by atoms with Gasteiger partial charge in [-0.3, -0.25) is 4.79 Å². The smallest absolute Gasteiger partial charge is 0.238 e. The van der Waals surface area contributed by atoms with E-state index in [9.17, 15) is 13.6 Å². The van der Waals surface area contributed by atoms with Crippen LogP contribution in [0.3, 0.4) is 0 Å². The highest BCUT2D eigenvalue weighted by Crippen LogP contribution is 2.19. The third-order valence-corrected chi connectivity index (χ3v) is 3.82. The number of benzene rings is 1. The van der Waals surface area contributed by atoms with Crippen molar-refractivity contribution >= 4 is 22.9 Å². The van der Waals surface area contributed by atoms with Crippen molar-refractivity contribution in [3.63, 3.8) is 0 Å². The quantitative estimate of drug-likeness (QED) is 0.888. The van der Waals surface area contributed by atoms with Gasteiger partial charge in [0.25, 0.3) is 0 Å². The molecule has 0 aliphatic carbocycles. The number of amides is 1. The van der Waals surface area contributed by atoms with Crippen LogP contribution in [0.4, 0.5) is 14.5 Å². The molecule has 1 aromatic heterocycles. The second-order valence-corrected chi connectivity index (χ2v) is 5.24. The Morgan fingerprint density at radius 3 is 2.55 bits per heavy atom. The fourth-order valence-electron chi connectivity index (χ4n) is 1.68. The molecule has 106 valence electrons. The zero-order valence-corrected chi connectivity index (χ0v) is 11.6. The Balaban J connectivity index is 1.90. The van der Waals surface area contributed by atoms with Gasteiger partial charge in [-0.1, -0.05) is 12.1 Å². The van der Waals surface area contributed by atoms with Crippen molar-refractivity contribution in [2.45, 2.75) is 13.0 Å². The molecule has 0 spiro atoms. The third kappa shape index (κ3) is 3.61. The molecule has 20 heavy (non-hydrogen) atoms. The van der Waals surface area contributed by atoms with Crippen LogP contribution in [0.1, 0.15) is 17.8 Å². The van der Waals surface area contributed by atoms with E-state index in [0.717, 1.165) is 17.0 Å². The van der Waals surface area contributed by atoms with Gasteiger partial charge in [0, 0.05) is 10.9 Å². The Kier molecular flexibility index (Phi) is 4.81. The van der Waals surface area contributed by atoms with Gasteiger partial charge >= 0.3 is 0 Å². The van der Waals surface area contributed by atoms with E-state index in [1.807, 2.05) is 24.4 Å². The molecule has 0 radical (unpaired) electrons. The van der Waals surface area contributed by atoms with Gasteiger partial charge in [0.1, 0.15) is 17.3 Å². The van der Waals surface area contributed by atoms with Crippen molar-refractivity contribution in [3.8, 4) is 0 Å². The lowest BCUT2D eigenvalue weighted by Crippen LogP contribution is -2.30. The molecule has 1 atom stereocenters. The SMILES string of the molecule is C[C@H](NCC(=O)Nc1c(F)cccc1F)c1cccs1. The molecule has 2 rings (SSSR count). The average Bonchev–Trinajstić information content (AvgIpc) is 2.94. The number of carbonyl (C=O) groups is 1. The molecule has 0 fully saturated rings. The van der Waals surface area contributed by atoms with Crippen molar-refractivity contribution in [2.75, 3.05) is 11.9 Å². The fourth-order valence-corrected chi connectivity index (χ4v) is 2.44. The van der Waals surface area contributed by atoms with Crippen LogP contribution in [0.5, 0.6) is 0 Å². The number of rotatable bonds is 5. The molecular formula is C14H14F2N2OS. The molecule has 0 bridgehead atoms. The molecule has 0 saturated heterocycles. The molecule has 0 unspecified atom stereocenters. The summed E-state index contributed by atoms with van der Waals surface area (Å²) in [6, 6.07) is 7.33. The van der Waals surface area contributed by atoms with E-state index in [-0.39, 0.29) is 12.6 Å². The second kappa shape index (κ2) is 6.58. The van der Waals surface area contributed by atoms with Crippen LogP contribution in [0.2, 0.25) is 0 Å². The number of thiophene rings is 1. The van der Waals surface area contributed by atoms with Crippen LogP contribution < -0.4 is 10.6 Å². The number of hydrogen-bond donors (Lipinski definition) is 2. The summed E-state index contributed by atoms with van der Waals surface area (Å²) in [5.74, 6) is -2.06. The van der Waals surface area contributed by atoms with Crippen molar-refractivity contribution in [1.29, 1.82) is 0 Å². The van der Waals surface area contributed by atoms with Crippen LogP contribution in [0.25, 0.3) is 0 Å². The summed E-state index contributed by atoms with van der Waals surface area (Å²) in [4.78, 5) is 12.8. The van der Waals surface area contributed by atoms with Crippen molar-refractivity contribution in [3.05, 3.63) is 52.2 Å². The number of nitrogens with one attached hydrogen (secondary N) is 2. The molecule has 3 nitrogen and oxygen atoms in total. The zero-order valence-electron chi connectivity index (χ0n) is 10.8. The molecule has 2 N–H and O–H groups in total. The molecule has 1 aromatic carbocycles. The number of halogens is 2. The van der Waals surface area contributed by atoms with E-state index in [4.69, 9.17) is 0 Å². The second-order valence-electron chi connectivity index (χ2n) is 4.26. The molecule has 0 saturated carbocycles. The summed E-state index contributed by atoms with van der Waals surface area (Å²) in [5, 5.41) is 7.18. The predicted octanol–water partition coefficient (Wildman–Crippen LogP) is 3.32. The van der Waals surface area contributed by atoms with E-state index in [0.29, 0.717) is 0 Å². The van der Waals surface area contributed by atoms with Crippen molar-refractivity contribution < 1.29 is 13.6 Å². The summed E-state index contributed by atoms with van der Waals surface area (Å²) >= 11 is 1.58. The standard InChI is InChI=1S/C14H14F2N2OS/c1-9(12-6-3-7-20-12)17-8-13(19)18-14-10(15)4-2-5-11(14)16/h2-7,9,17H,8H2,1H3,(H,18,19)/t9-/m0/s1. The monoisotopic (exact) mass is 296 g/mol. The maximum Gasteiger partial charge on any atom is 0.238 e. The van der Waals surface area contributed by atoms with E-state index in [2.05, 4.69) is 10.6 Å². The Bertz CT molecular complexity index is 567. The minimum absolute atomic E-state index is 0.00576. The Hall–Kier alpha value is -1.79. The van der Waals surface area contributed by atoms with Gasteiger partial charge in [-0.2, -0.15) is 0 Å². The van der Waals surface area contributed by atoms with Gasteiger partial charge in [-0.15, -0.1) is 11.3 Å². The summed E-state index contributed by atoms with van der Waals surface area (Å²) in [6.45, 7) is 1.90. The highest BCUT2D eigenvalue weighted by molar-refractivity contribution is 7.10. The van der Waals surface area contributed by atoms with Crippen LogP contribution in [0.15, 0.2) is 35.7 Å². The van der Waals surface area contributed by atoms with Crippen LogP contribution in [-0.4, -0.2) is 12.5 Å². The lowest BCUT2D eigenvalue weighted by Gasteiger charge is -2.12. The molecule has 0 aliphatic rings. The van der Waals surface area contributed by atoms with Gasteiger partial charge in [0.2, 0.25) is 5.91 Å². The van der Waals surface area contributed by atoms with Gasteiger partial charge in [-0.05, 0) is 30.5 Å². The first-order chi connectivity index (χ1) is 9.58. The molecule has 6 heteroatoms. The highest BCUT2D eigenvalue weighted by Gasteiger charge is 2.13. The highest BCUT2D eigenvalue weighted by atomic mass is 32.1. The van der Waals surface area contributed by atoms with E-state index in [1.54, 1.807) is 11.3 Å². The first-order valence-corrected chi connectivity index (χ1v) is 6.96. The van der Waals surface area contributed by atoms with E-state index >= 15 is 0 Å². The average molecular weight is 296 g/mol. The molecular weight excluding hydrogens is 282 g/mol. The summed E-state index contributed by atoms with van der Waals surface area (Å²) in [6.07, 6.45) is 0. The van der Waals surface area contributed by atoms with Crippen LogP contribution in [-0.2, 0) is 4.79 Å². The van der Waals surface area contributed by atoms with Crippen molar-refractivity contribution in [2.24, 2.45) is 0 Å². The maximum atomic E-state index is 13.4. The lowest BCUT2D eigenvalue weighted by molar-refractivity contribution is -0.115. The normalized spacial score (nSPS) is 12.2. The molecule has 1 heterocycles. The zero-order chi connectivity index (χ0) is 14.5. The van der Waals surface area contributed by atoms with Gasteiger partial charge in [0.05, 0.1) is 6.54 Å². The number of para-hydroxylation sites is 1. The predicted molar refractivity (Wildman–Crippen MR) is 75.7 cm³/mol. The van der Waals surface area contributed by atoms with Gasteiger partial charge in [-0.25, -0.2) is 8.78 Å². The topological polar surface area (TPSA) is 41.1 Å². The third-order valence-electron chi connectivity index (χ3n) is 2.77. The van der Waals surface area contributed by atoms with E-state index < -0.39 is 23.2 Å². The lowest BCUT2D eigenvalue weighted by atomic mass is 10.2. The maximum absolute atomic E-state index is 13.4. The Labute approximate surface area is 119 Å². The molecule has 1 amide bonds. The minimum Gasteiger partial charge on any atom is -0.320 e. The largest absolute Gasteiger partial charge is 0.320 e. The Morgan fingerprint density at radius 2 is 1.95 bits per heavy atom. The fraction of sp³-hybridized carbons (Fsp3) is 0.214. The van der Waals surface area contributed by atoms with Crippen LogP contribution >= 0.6 is 11.3 Å².